The van der Waals surface area contributed by atoms with Gasteiger partial charge in [0.25, 0.3) is 5.91 Å². The second kappa shape index (κ2) is 11.1. The molecule has 2 N–H and O–H groups in total. The number of piperidine rings is 1. The van der Waals surface area contributed by atoms with Gasteiger partial charge in [0.1, 0.15) is 18.2 Å². The van der Waals surface area contributed by atoms with Crippen molar-refractivity contribution in [3.63, 3.8) is 0 Å². The predicted octanol–water partition coefficient (Wildman–Crippen LogP) is 1.22. The quantitative estimate of drug-likeness (QED) is 0.720. The van der Waals surface area contributed by atoms with Crippen molar-refractivity contribution in [3.8, 4) is 5.88 Å². The topological polar surface area (TPSA) is 92.8 Å². The second-order valence-electron chi connectivity index (χ2n) is 7.60. The molecule has 8 heteroatoms. The van der Waals surface area contributed by atoms with Gasteiger partial charge in [0.15, 0.2) is 0 Å². The van der Waals surface area contributed by atoms with Crippen LogP contribution >= 0.6 is 0 Å². The first-order valence-electron chi connectivity index (χ1n) is 10.6. The van der Waals surface area contributed by atoms with E-state index in [-0.39, 0.29) is 17.7 Å². The molecular formula is C21H32N4O4. The van der Waals surface area contributed by atoms with Gasteiger partial charge in [0.2, 0.25) is 11.8 Å². The molecule has 1 aromatic rings. The third kappa shape index (κ3) is 6.14. The van der Waals surface area contributed by atoms with Crippen LogP contribution in [-0.4, -0.2) is 73.7 Å². The molecule has 3 aliphatic rings. The van der Waals surface area contributed by atoms with E-state index in [1.165, 1.54) is 0 Å². The van der Waals surface area contributed by atoms with E-state index in [1.807, 2.05) is 11.8 Å². The van der Waals surface area contributed by atoms with E-state index in [0.29, 0.717) is 37.7 Å². The highest BCUT2D eigenvalue weighted by Gasteiger charge is 2.29. The lowest BCUT2D eigenvalue weighted by atomic mass is 9.96. The summed E-state index contributed by atoms with van der Waals surface area (Å²) in [4.78, 5) is 32.0. The molecule has 29 heavy (non-hydrogen) atoms. The number of nitrogens with one attached hydrogen (secondary N) is 2. The van der Waals surface area contributed by atoms with E-state index in [4.69, 9.17) is 9.47 Å². The molecule has 1 saturated heterocycles. The molecule has 0 radical (unpaired) electrons. The summed E-state index contributed by atoms with van der Waals surface area (Å²) in [6.45, 7) is 6.55. The Balaban J connectivity index is 1.75. The molecule has 0 aromatic carbocycles. The fourth-order valence-corrected chi connectivity index (χ4v) is 3.79. The van der Waals surface area contributed by atoms with E-state index in [1.54, 1.807) is 18.3 Å². The molecular weight excluding hydrogens is 372 g/mol. The van der Waals surface area contributed by atoms with Gasteiger partial charge < -0.3 is 25.0 Å². The van der Waals surface area contributed by atoms with Crippen LogP contribution in [-0.2, 0) is 9.53 Å². The van der Waals surface area contributed by atoms with E-state index < -0.39 is 6.04 Å². The van der Waals surface area contributed by atoms with Gasteiger partial charge in [-0.1, -0.05) is 13.3 Å². The summed E-state index contributed by atoms with van der Waals surface area (Å²) in [5.74, 6) is 0.503. The Kier molecular flexibility index (Phi) is 8.25. The minimum absolute atomic E-state index is 0.00693. The lowest BCUT2D eigenvalue weighted by Crippen LogP contribution is -2.51. The molecule has 0 spiro atoms. The highest BCUT2D eigenvalue weighted by atomic mass is 16.5. The van der Waals surface area contributed by atoms with Gasteiger partial charge in [-0.3, -0.25) is 9.59 Å². The minimum atomic E-state index is -0.530. The number of aromatic nitrogens is 1. The molecule has 0 saturated carbocycles. The van der Waals surface area contributed by atoms with Gasteiger partial charge >= 0.3 is 0 Å². The van der Waals surface area contributed by atoms with Crippen LogP contribution in [0.2, 0.25) is 0 Å². The van der Waals surface area contributed by atoms with Crippen molar-refractivity contribution in [1.82, 2.24) is 20.5 Å². The van der Waals surface area contributed by atoms with Crippen LogP contribution in [0.25, 0.3) is 0 Å². The van der Waals surface area contributed by atoms with Crippen LogP contribution in [0.3, 0.4) is 0 Å². The van der Waals surface area contributed by atoms with Crippen molar-refractivity contribution in [2.24, 2.45) is 5.92 Å². The molecule has 1 aromatic heterocycles. The first-order chi connectivity index (χ1) is 14.2. The maximum absolute atomic E-state index is 13.1. The molecule has 4 heterocycles. The second-order valence-corrected chi connectivity index (χ2v) is 7.60. The van der Waals surface area contributed by atoms with Crippen LogP contribution in [0.1, 0.15) is 43.0 Å². The van der Waals surface area contributed by atoms with Crippen LogP contribution in [0.4, 0.5) is 0 Å². The molecule has 2 amide bonds. The third-order valence-corrected chi connectivity index (χ3v) is 5.45. The van der Waals surface area contributed by atoms with Crippen LogP contribution in [0.15, 0.2) is 18.3 Å². The number of hydrogen-bond donors (Lipinski definition) is 2. The normalized spacial score (nSPS) is 24.8. The Morgan fingerprint density at radius 1 is 1.21 bits per heavy atom. The Hall–Kier alpha value is -2.19. The summed E-state index contributed by atoms with van der Waals surface area (Å²) in [6.07, 6.45) is 4.96. The Morgan fingerprint density at radius 2 is 2.03 bits per heavy atom. The molecule has 2 bridgehead atoms. The minimum Gasteiger partial charge on any atom is -0.475 e. The van der Waals surface area contributed by atoms with Crippen molar-refractivity contribution in [2.45, 2.75) is 38.6 Å². The predicted molar refractivity (Wildman–Crippen MR) is 109 cm³/mol. The van der Waals surface area contributed by atoms with Crippen LogP contribution in [0, 0.1) is 5.92 Å². The van der Waals surface area contributed by atoms with Crippen LogP contribution in [0.5, 0.6) is 5.88 Å². The number of carbonyl (C=O) groups is 2. The number of fused-ring (bicyclic) bond motifs is 12. The number of ether oxygens (including phenoxy) is 2. The average molecular weight is 405 g/mol. The lowest BCUT2D eigenvalue weighted by Gasteiger charge is -2.34. The van der Waals surface area contributed by atoms with E-state index >= 15 is 0 Å². The zero-order valence-electron chi connectivity index (χ0n) is 17.2. The van der Waals surface area contributed by atoms with E-state index in [9.17, 15) is 9.59 Å². The van der Waals surface area contributed by atoms with Crippen LogP contribution < -0.4 is 15.4 Å². The number of carbonyl (C=O) groups excluding carboxylic acids is 2. The summed E-state index contributed by atoms with van der Waals surface area (Å²) in [5.41, 5.74) is 0.336. The summed E-state index contributed by atoms with van der Waals surface area (Å²) in [6, 6.07) is 2.83. The first kappa shape index (κ1) is 21.5. The third-order valence-electron chi connectivity index (χ3n) is 5.45. The number of amides is 2. The fourth-order valence-electron chi connectivity index (χ4n) is 3.79. The summed E-state index contributed by atoms with van der Waals surface area (Å²) in [5, 5.41) is 6.35. The molecule has 4 rings (SSSR count). The maximum Gasteiger partial charge on any atom is 0.257 e. The van der Waals surface area contributed by atoms with Crippen molar-refractivity contribution >= 4 is 11.8 Å². The fraction of sp³-hybridized carbons (Fsp3) is 0.667. The molecule has 1 atom stereocenters. The first-order valence-corrected chi connectivity index (χ1v) is 10.6. The zero-order valence-corrected chi connectivity index (χ0v) is 17.2. The largest absolute Gasteiger partial charge is 0.475 e. The molecule has 0 unspecified atom stereocenters. The molecule has 160 valence electrons. The Bertz CT molecular complexity index is 676. The Labute approximate surface area is 172 Å². The number of nitrogens with zero attached hydrogens (tertiary/aromatic N) is 2. The molecule has 3 aliphatic heterocycles. The van der Waals surface area contributed by atoms with Crippen molar-refractivity contribution in [3.05, 3.63) is 23.9 Å². The van der Waals surface area contributed by atoms with Gasteiger partial charge in [-0.25, -0.2) is 4.98 Å². The smallest absolute Gasteiger partial charge is 0.257 e. The summed E-state index contributed by atoms with van der Waals surface area (Å²) in [7, 11) is 0. The zero-order chi connectivity index (χ0) is 20.5. The van der Waals surface area contributed by atoms with Gasteiger partial charge in [-0.2, -0.15) is 0 Å². The number of hydrogen-bond acceptors (Lipinski definition) is 6. The van der Waals surface area contributed by atoms with E-state index in [0.717, 1.165) is 45.4 Å². The lowest BCUT2D eigenvalue weighted by molar-refractivity contribution is -0.134. The van der Waals surface area contributed by atoms with Crippen molar-refractivity contribution in [1.29, 1.82) is 0 Å². The van der Waals surface area contributed by atoms with E-state index in [2.05, 4.69) is 15.6 Å². The van der Waals surface area contributed by atoms with Gasteiger partial charge in [-0.15, -0.1) is 0 Å². The monoisotopic (exact) mass is 404 g/mol. The highest BCUT2D eigenvalue weighted by Crippen LogP contribution is 2.19. The molecule has 0 aliphatic carbocycles. The van der Waals surface area contributed by atoms with Gasteiger partial charge in [-0.05, 0) is 43.9 Å². The summed E-state index contributed by atoms with van der Waals surface area (Å²) < 4.78 is 11.3. The van der Waals surface area contributed by atoms with Crippen molar-refractivity contribution in [2.75, 3.05) is 46.0 Å². The standard InChI is InChI=1S/C21H32N4O4/c1-2-4-18-21(27)25-10-6-16(7-11-25)15-22-9-12-28-13-14-29-20-17(19(26)24-18)5-3-8-23-20/h3,5,8,16,18,22H,2,4,6-7,9-15H2,1H3,(H,24,26)/t18-/m1/s1. The highest BCUT2D eigenvalue weighted by molar-refractivity contribution is 5.99. The molecule has 1 fully saturated rings. The van der Waals surface area contributed by atoms with Gasteiger partial charge in [0.05, 0.1) is 13.2 Å². The average Bonchev–Trinajstić information content (AvgIpc) is 2.75. The maximum atomic E-state index is 13.1. The SMILES string of the molecule is CCC[C@H]1NC(=O)c2cccnc2OCCOCCNCC2CCN(CC2)C1=O. The summed E-state index contributed by atoms with van der Waals surface area (Å²) >= 11 is 0. The Morgan fingerprint density at radius 3 is 2.83 bits per heavy atom. The number of pyridine rings is 1. The van der Waals surface area contributed by atoms with Gasteiger partial charge in [0, 0.05) is 25.8 Å². The molecule has 8 nitrogen and oxygen atoms in total. The van der Waals surface area contributed by atoms with Crippen molar-refractivity contribution < 1.29 is 19.1 Å². The number of rotatable bonds is 2.